The maximum absolute atomic E-state index is 11.3. The third kappa shape index (κ3) is 3.44. The molecule has 0 bridgehead atoms. The first-order valence-corrected chi connectivity index (χ1v) is 4.52. The molecule has 1 aromatic rings. The van der Waals surface area contributed by atoms with Gasteiger partial charge in [0.05, 0.1) is 18.3 Å². The number of terminal acetylenes is 1. The average Bonchev–Trinajstić information content (AvgIpc) is 2.61. The zero-order valence-corrected chi connectivity index (χ0v) is 8.49. The maximum Gasteiger partial charge on any atom is 0.238 e. The van der Waals surface area contributed by atoms with Gasteiger partial charge in [0.25, 0.3) is 0 Å². The summed E-state index contributed by atoms with van der Waals surface area (Å²) in [5, 5.41) is 6.29. The molecule has 5 heteroatoms. The number of aromatic nitrogens is 1. The van der Waals surface area contributed by atoms with Crippen LogP contribution in [0.2, 0.25) is 0 Å². The lowest BCUT2D eigenvalue weighted by molar-refractivity contribution is -0.122. The SMILES string of the molecule is C#CCC(N)C(=O)NCc1cc(C)no1. The summed E-state index contributed by atoms with van der Waals surface area (Å²) in [6.45, 7) is 2.08. The van der Waals surface area contributed by atoms with Crippen molar-refractivity contribution in [3.8, 4) is 12.3 Å². The third-order valence-corrected chi connectivity index (χ3v) is 1.79. The van der Waals surface area contributed by atoms with E-state index in [2.05, 4.69) is 16.4 Å². The molecule has 5 nitrogen and oxygen atoms in total. The molecule has 0 spiro atoms. The molecule has 0 aliphatic carbocycles. The smallest absolute Gasteiger partial charge is 0.238 e. The van der Waals surface area contributed by atoms with E-state index in [4.69, 9.17) is 16.7 Å². The van der Waals surface area contributed by atoms with Crippen molar-refractivity contribution < 1.29 is 9.32 Å². The number of carbonyl (C=O) groups is 1. The van der Waals surface area contributed by atoms with E-state index in [1.807, 2.05) is 0 Å². The Morgan fingerprint density at radius 1 is 1.87 bits per heavy atom. The Hall–Kier alpha value is -1.80. The van der Waals surface area contributed by atoms with Crippen LogP contribution in [0.15, 0.2) is 10.6 Å². The number of nitrogens with one attached hydrogen (secondary N) is 1. The van der Waals surface area contributed by atoms with Crippen LogP contribution in [-0.2, 0) is 11.3 Å². The van der Waals surface area contributed by atoms with Gasteiger partial charge in [0.2, 0.25) is 5.91 Å². The van der Waals surface area contributed by atoms with Gasteiger partial charge in [-0.1, -0.05) is 5.16 Å². The minimum atomic E-state index is -0.668. The molecule has 0 aliphatic heterocycles. The Morgan fingerprint density at radius 2 is 2.60 bits per heavy atom. The van der Waals surface area contributed by atoms with Crippen LogP contribution in [0.25, 0.3) is 0 Å². The number of nitrogens with zero attached hydrogens (tertiary/aromatic N) is 1. The summed E-state index contributed by atoms with van der Waals surface area (Å²) in [7, 11) is 0. The van der Waals surface area contributed by atoms with E-state index in [0.29, 0.717) is 5.76 Å². The monoisotopic (exact) mass is 207 g/mol. The van der Waals surface area contributed by atoms with Crippen LogP contribution in [0.1, 0.15) is 17.9 Å². The Balaban J connectivity index is 2.38. The highest BCUT2D eigenvalue weighted by Crippen LogP contribution is 2.01. The largest absolute Gasteiger partial charge is 0.359 e. The molecule has 1 rings (SSSR count). The van der Waals surface area contributed by atoms with E-state index in [1.54, 1.807) is 13.0 Å². The first-order chi connectivity index (χ1) is 7.13. The van der Waals surface area contributed by atoms with Gasteiger partial charge in [0.15, 0.2) is 5.76 Å². The second-order valence-electron chi connectivity index (χ2n) is 3.17. The zero-order valence-electron chi connectivity index (χ0n) is 8.49. The molecule has 0 fully saturated rings. The molecule has 1 atom stereocenters. The lowest BCUT2D eigenvalue weighted by Gasteiger charge is -2.07. The molecule has 1 heterocycles. The maximum atomic E-state index is 11.3. The fourth-order valence-electron chi connectivity index (χ4n) is 1.02. The van der Waals surface area contributed by atoms with Gasteiger partial charge >= 0.3 is 0 Å². The standard InChI is InChI=1S/C10H13N3O2/c1-3-4-9(11)10(14)12-6-8-5-7(2)13-15-8/h1,5,9H,4,6,11H2,2H3,(H,12,14). The van der Waals surface area contributed by atoms with Crippen molar-refractivity contribution in [2.75, 3.05) is 0 Å². The number of hydrogen-bond donors (Lipinski definition) is 2. The highest BCUT2D eigenvalue weighted by molar-refractivity contribution is 5.81. The number of rotatable bonds is 4. The van der Waals surface area contributed by atoms with Crippen molar-refractivity contribution in [2.24, 2.45) is 5.73 Å². The first kappa shape index (κ1) is 11.3. The molecular weight excluding hydrogens is 194 g/mol. The molecule has 0 aromatic carbocycles. The Kier molecular flexibility index (Phi) is 3.89. The fourth-order valence-corrected chi connectivity index (χ4v) is 1.02. The molecule has 3 N–H and O–H groups in total. The van der Waals surface area contributed by atoms with Gasteiger partial charge in [0.1, 0.15) is 0 Å². The number of carbonyl (C=O) groups excluding carboxylic acids is 1. The van der Waals surface area contributed by atoms with Crippen LogP contribution in [0.4, 0.5) is 0 Å². The van der Waals surface area contributed by atoms with Gasteiger partial charge in [-0.15, -0.1) is 12.3 Å². The van der Waals surface area contributed by atoms with Crippen molar-refractivity contribution in [3.63, 3.8) is 0 Å². The number of hydrogen-bond acceptors (Lipinski definition) is 4. The van der Waals surface area contributed by atoms with Crippen LogP contribution in [-0.4, -0.2) is 17.1 Å². The minimum absolute atomic E-state index is 0.223. The van der Waals surface area contributed by atoms with Crippen molar-refractivity contribution in [3.05, 3.63) is 17.5 Å². The van der Waals surface area contributed by atoms with Gasteiger partial charge in [-0.2, -0.15) is 0 Å². The van der Waals surface area contributed by atoms with Gasteiger partial charge in [-0.3, -0.25) is 4.79 Å². The van der Waals surface area contributed by atoms with Gasteiger partial charge < -0.3 is 15.6 Å². The van der Waals surface area contributed by atoms with Crippen molar-refractivity contribution in [1.82, 2.24) is 10.5 Å². The van der Waals surface area contributed by atoms with Gasteiger partial charge in [0, 0.05) is 12.5 Å². The predicted octanol–water partition coefficient (Wildman–Crippen LogP) is -0.0502. The van der Waals surface area contributed by atoms with Crippen LogP contribution in [0, 0.1) is 19.3 Å². The summed E-state index contributed by atoms with van der Waals surface area (Å²) < 4.78 is 4.91. The number of aryl methyl sites for hydroxylation is 1. The number of nitrogens with two attached hydrogens (primary N) is 1. The van der Waals surface area contributed by atoms with Crippen LogP contribution < -0.4 is 11.1 Å². The molecule has 15 heavy (non-hydrogen) atoms. The second kappa shape index (κ2) is 5.17. The molecule has 1 aromatic heterocycles. The highest BCUT2D eigenvalue weighted by atomic mass is 16.5. The van der Waals surface area contributed by atoms with Gasteiger partial charge in [-0.05, 0) is 6.92 Å². The summed E-state index contributed by atoms with van der Waals surface area (Å²) in [4.78, 5) is 11.3. The minimum Gasteiger partial charge on any atom is -0.359 e. The molecule has 1 unspecified atom stereocenters. The van der Waals surface area contributed by atoms with Crippen molar-refractivity contribution in [1.29, 1.82) is 0 Å². The molecule has 0 saturated heterocycles. The predicted molar refractivity (Wildman–Crippen MR) is 54.5 cm³/mol. The first-order valence-electron chi connectivity index (χ1n) is 4.52. The molecule has 0 radical (unpaired) electrons. The quantitative estimate of drug-likeness (QED) is 0.678. The summed E-state index contributed by atoms with van der Waals surface area (Å²) >= 11 is 0. The Labute approximate surface area is 88.0 Å². The molecule has 80 valence electrons. The Morgan fingerprint density at radius 3 is 3.13 bits per heavy atom. The number of amides is 1. The molecule has 1 amide bonds. The highest BCUT2D eigenvalue weighted by Gasteiger charge is 2.12. The Bertz CT molecular complexity index is 378. The van der Waals surface area contributed by atoms with Crippen molar-refractivity contribution >= 4 is 5.91 Å². The summed E-state index contributed by atoms with van der Waals surface area (Å²) in [5.41, 5.74) is 6.27. The summed E-state index contributed by atoms with van der Waals surface area (Å²) in [6, 6.07) is 1.08. The van der Waals surface area contributed by atoms with Crippen molar-refractivity contribution in [2.45, 2.75) is 25.9 Å². The summed E-state index contributed by atoms with van der Waals surface area (Å²) in [6.07, 6.45) is 5.26. The zero-order chi connectivity index (χ0) is 11.3. The van der Waals surface area contributed by atoms with E-state index in [-0.39, 0.29) is 18.9 Å². The van der Waals surface area contributed by atoms with Crippen LogP contribution >= 0.6 is 0 Å². The molecular formula is C10H13N3O2. The topological polar surface area (TPSA) is 81.2 Å². The van der Waals surface area contributed by atoms with E-state index in [1.165, 1.54) is 0 Å². The average molecular weight is 207 g/mol. The second-order valence-corrected chi connectivity index (χ2v) is 3.17. The van der Waals surface area contributed by atoms with Gasteiger partial charge in [-0.25, -0.2) is 0 Å². The van der Waals surface area contributed by atoms with E-state index >= 15 is 0 Å². The van der Waals surface area contributed by atoms with E-state index < -0.39 is 6.04 Å². The van der Waals surface area contributed by atoms with Crippen LogP contribution in [0.3, 0.4) is 0 Å². The normalized spacial score (nSPS) is 11.8. The third-order valence-electron chi connectivity index (χ3n) is 1.79. The lowest BCUT2D eigenvalue weighted by atomic mass is 10.2. The molecule has 0 aliphatic rings. The lowest BCUT2D eigenvalue weighted by Crippen LogP contribution is -2.39. The van der Waals surface area contributed by atoms with E-state index in [9.17, 15) is 4.79 Å². The van der Waals surface area contributed by atoms with Crippen LogP contribution in [0.5, 0.6) is 0 Å². The fraction of sp³-hybridized carbons (Fsp3) is 0.400. The van der Waals surface area contributed by atoms with E-state index in [0.717, 1.165) is 5.69 Å². The molecule has 0 saturated carbocycles. The summed E-state index contributed by atoms with van der Waals surface area (Å²) in [5.74, 6) is 2.63.